The van der Waals surface area contributed by atoms with Gasteiger partial charge in [-0.25, -0.2) is 0 Å². The van der Waals surface area contributed by atoms with E-state index in [1.807, 2.05) is 12.1 Å². The molecule has 25 heavy (non-hydrogen) atoms. The van der Waals surface area contributed by atoms with Gasteiger partial charge in [0.05, 0.1) is 5.41 Å². The van der Waals surface area contributed by atoms with Gasteiger partial charge >= 0.3 is 0 Å². The maximum absolute atomic E-state index is 13.3. The van der Waals surface area contributed by atoms with E-state index < -0.39 is 0 Å². The van der Waals surface area contributed by atoms with Crippen LogP contribution in [-0.2, 0) is 10.2 Å². The zero-order valence-electron chi connectivity index (χ0n) is 14.4. The van der Waals surface area contributed by atoms with E-state index in [-0.39, 0.29) is 16.7 Å². The molecule has 6 rings (SSSR count). The van der Waals surface area contributed by atoms with Crippen molar-refractivity contribution in [1.82, 2.24) is 4.98 Å². The minimum Gasteiger partial charge on any atom is -0.325 e. The molecule has 4 saturated carbocycles. The smallest absolute Gasteiger partial charge is 0.230 e. The predicted molar refractivity (Wildman–Crippen MR) is 98.1 cm³/mol. The summed E-state index contributed by atoms with van der Waals surface area (Å²) in [5, 5.41) is 3.19. The third-order valence-electron chi connectivity index (χ3n) is 6.87. The lowest BCUT2D eigenvalue weighted by Gasteiger charge is -2.61. The Labute approximate surface area is 148 Å². The topological polar surface area (TPSA) is 42.0 Å². The van der Waals surface area contributed by atoms with Gasteiger partial charge in [-0.05, 0) is 73.5 Å². The van der Waals surface area contributed by atoms with E-state index in [9.17, 15) is 4.79 Å². The molecule has 1 N–H and O–H groups in total. The largest absolute Gasteiger partial charge is 0.325 e. The molecular weight excluding hydrogens is 308 g/mol. The highest BCUT2D eigenvalue weighted by Gasteiger charge is 2.60. The van der Waals surface area contributed by atoms with Crippen LogP contribution in [0.3, 0.4) is 0 Å². The van der Waals surface area contributed by atoms with Crippen LogP contribution < -0.4 is 5.32 Å². The Morgan fingerprint density at radius 3 is 2.32 bits per heavy atom. The van der Waals surface area contributed by atoms with Crippen LogP contribution in [0.2, 0.25) is 0 Å². The average Bonchev–Trinajstić information content (AvgIpc) is 2.62. The molecule has 1 heterocycles. The lowest BCUT2D eigenvalue weighted by Crippen LogP contribution is -2.57. The van der Waals surface area contributed by atoms with Gasteiger partial charge in [-0.15, -0.1) is 0 Å². The number of benzene rings is 1. The molecular formula is C22H24N2O. The van der Waals surface area contributed by atoms with Gasteiger partial charge in [0, 0.05) is 18.1 Å². The minimum absolute atomic E-state index is 0.191. The average molecular weight is 332 g/mol. The molecule has 4 fully saturated rings. The fourth-order valence-electron chi connectivity index (χ4n) is 6.36. The molecule has 1 aromatic carbocycles. The quantitative estimate of drug-likeness (QED) is 0.895. The van der Waals surface area contributed by atoms with E-state index in [0.717, 1.165) is 24.9 Å². The second-order valence-corrected chi connectivity index (χ2v) is 8.58. The van der Waals surface area contributed by atoms with E-state index in [0.29, 0.717) is 11.8 Å². The Balaban J connectivity index is 1.49. The number of rotatable bonds is 3. The van der Waals surface area contributed by atoms with Gasteiger partial charge in [0.2, 0.25) is 5.91 Å². The van der Waals surface area contributed by atoms with E-state index in [1.165, 1.54) is 24.8 Å². The van der Waals surface area contributed by atoms with Crippen LogP contribution in [-0.4, -0.2) is 10.9 Å². The van der Waals surface area contributed by atoms with Crippen LogP contribution in [0.25, 0.3) is 0 Å². The van der Waals surface area contributed by atoms with E-state index in [2.05, 4.69) is 40.6 Å². The number of carbonyl (C=O) groups excluding carboxylic acids is 1. The standard InChI is InChI=1S/C22H24N2O/c25-20(24-19-6-8-23-9-7-19)22-13-16-10-17(14-22)12-21(11-16,15-22)18-4-2-1-3-5-18/h1-9,16-17H,10-15H2,(H,23,24,25)/t16-,17+,21?,22?. The monoisotopic (exact) mass is 332 g/mol. The van der Waals surface area contributed by atoms with Crippen LogP contribution >= 0.6 is 0 Å². The lowest BCUT2D eigenvalue weighted by atomic mass is 9.42. The molecule has 2 aromatic rings. The van der Waals surface area contributed by atoms with Crippen molar-refractivity contribution >= 4 is 11.6 Å². The highest BCUT2D eigenvalue weighted by atomic mass is 16.2. The first kappa shape index (κ1) is 15.1. The number of carbonyl (C=O) groups is 1. The van der Waals surface area contributed by atoms with Crippen molar-refractivity contribution < 1.29 is 4.79 Å². The number of hydrogen-bond acceptors (Lipinski definition) is 2. The zero-order valence-corrected chi connectivity index (χ0v) is 14.4. The van der Waals surface area contributed by atoms with Crippen LogP contribution in [0.1, 0.15) is 44.1 Å². The molecule has 128 valence electrons. The molecule has 3 heteroatoms. The molecule has 0 radical (unpaired) electrons. The van der Waals surface area contributed by atoms with Gasteiger partial charge < -0.3 is 5.32 Å². The summed E-state index contributed by atoms with van der Waals surface area (Å²) in [4.78, 5) is 17.4. The summed E-state index contributed by atoms with van der Waals surface area (Å²) in [6, 6.07) is 14.7. The number of anilines is 1. The molecule has 4 bridgehead atoms. The third-order valence-corrected chi connectivity index (χ3v) is 6.87. The van der Waals surface area contributed by atoms with Gasteiger partial charge in [0.25, 0.3) is 0 Å². The molecule has 4 aliphatic carbocycles. The minimum atomic E-state index is -0.191. The first-order chi connectivity index (χ1) is 12.2. The summed E-state index contributed by atoms with van der Waals surface area (Å²) >= 11 is 0. The van der Waals surface area contributed by atoms with Gasteiger partial charge in [-0.1, -0.05) is 30.3 Å². The first-order valence-electron chi connectivity index (χ1n) is 9.45. The van der Waals surface area contributed by atoms with Crippen LogP contribution in [0, 0.1) is 17.3 Å². The van der Waals surface area contributed by atoms with Crippen molar-refractivity contribution in [2.75, 3.05) is 5.32 Å². The molecule has 0 aliphatic heterocycles. The summed E-state index contributed by atoms with van der Waals surface area (Å²) in [6.07, 6.45) is 10.5. The Morgan fingerprint density at radius 1 is 0.960 bits per heavy atom. The molecule has 0 saturated heterocycles. The van der Waals surface area contributed by atoms with Crippen LogP contribution in [0.15, 0.2) is 54.9 Å². The van der Waals surface area contributed by atoms with Crippen molar-refractivity contribution in [3.05, 3.63) is 60.4 Å². The molecule has 4 aliphatic rings. The SMILES string of the molecule is O=C(Nc1ccncc1)C12C[C@H]3C[C@@H](C1)CC(c1ccccc1)(C3)C2. The summed E-state index contributed by atoms with van der Waals surface area (Å²) < 4.78 is 0. The van der Waals surface area contributed by atoms with Crippen molar-refractivity contribution in [2.45, 2.75) is 43.9 Å². The lowest BCUT2D eigenvalue weighted by molar-refractivity contribution is -0.143. The predicted octanol–water partition coefficient (Wildman–Crippen LogP) is 4.56. The van der Waals surface area contributed by atoms with E-state index in [1.54, 1.807) is 12.4 Å². The second kappa shape index (κ2) is 5.42. The highest BCUT2D eigenvalue weighted by Crippen LogP contribution is 2.65. The molecule has 2 unspecified atom stereocenters. The molecule has 4 atom stereocenters. The Kier molecular flexibility index (Phi) is 3.28. The van der Waals surface area contributed by atoms with E-state index >= 15 is 0 Å². The molecule has 0 spiro atoms. The maximum Gasteiger partial charge on any atom is 0.230 e. The van der Waals surface area contributed by atoms with Gasteiger partial charge in [0.1, 0.15) is 0 Å². The van der Waals surface area contributed by atoms with Crippen molar-refractivity contribution in [3.8, 4) is 0 Å². The van der Waals surface area contributed by atoms with Gasteiger partial charge in [-0.3, -0.25) is 9.78 Å². The van der Waals surface area contributed by atoms with E-state index in [4.69, 9.17) is 0 Å². The Bertz CT molecular complexity index is 772. The normalized spacial score (nSPS) is 35.5. The van der Waals surface area contributed by atoms with Crippen molar-refractivity contribution in [1.29, 1.82) is 0 Å². The summed E-state index contributed by atoms with van der Waals surface area (Å²) in [5.41, 5.74) is 2.33. The molecule has 1 amide bonds. The van der Waals surface area contributed by atoms with Crippen LogP contribution in [0.4, 0.5) is 5.69 Å². The number of hydrogen-bond donors (Lipinski definition) is 1. The van der Waals surface area contributed by atoms with Crippen LogP contribution in [0.5, 0.6) is 0 Å². The van der Waals surface area contributed by atoms with Gasteiger partial charge in [-0.2, -0.15) is 0 Å². The zero-order chi connectivity index (χ0) is 16.9. The Hall–Kier alpha value is -2.16. The highest BCUT2D eigenvalue weighted by molar-refractivity contribution is 5.95. The fourth-order valence-corrected chi connectivity index (χ4v) is 6.36. The van der Waals surface area contributed by atoms with Gasteiger partial charge in [0.15, 0.2) is 0 Å². The molecule has 1 aromatic heterocycles. The fraction of sp³-hybridized carbons (Fsp3) is 0.455. The number of amides is 1. The van der Waals surface area contributed by atoms with Crippen molar-refractivity contribution in [2.24, 2.45) is 17.3 Å². The second-order valence-electron chi connectivity index (χ2n) is 8.58. The Morgan fingerprint density at radius 2 is 1.64 bits per heavy atom. The maximum atomic E-state index is 13.3. The number of nitrogens with zero attached hydrogens (tertiary/aromatic N) is 1. The number of aromatic nitrogens is 1. The first-order valence-corrected chi connectivity index (χ1v) is 9.45. The summed E-state index contributed by atoms with van der Waals surface area (Å²) in [5.74, 6) is 1.63. The third kappa shape index (κ3) is 2.40. The molecule has 3 nitrogen and oxygen atoms in total. The number of nitrogens with one attached hydrogen (secondary N) is 1. The number of pyridine rings is 1. The summed E-state index contributed by atoms with van der Waals surface area (Å²) in [6.45, 7) is 0. The summed E-state index contributed by atoms with van der Waals surface area (Å²) in [7, 11) is 0. The van der Waals surface area contributed by atoms with Crippen molar-refractivity contribution in [3.63, 3.8) is 0 Å².